The van der Waals surface area contributed by atoms with Crippen molar-refractivity contribution in [2.24, 2.45) is 0 Å². The summed E-state index contributed by atoms with van der Waals surface area (Å²) in [6, 6.07) is -1.43. The Hall–Kier alpha value is -12.3. The number of aromatic amines is 4. The normalized spacial score (nSPS) is 31.3. The molecule has 0 spiro atoms. The molecule has 0 radical (unpaired) electrons. The number of hydroxylamine groups is 5. The van der Waals surface area contributed by atoms with Crippen LogP contribution in [0.1, 0.15) is 61.0 Å². The van der Waals surface area contributed by atoms with Crippen LogP contribution in [0.15, 0.2) is 137 Å². The third-order valence-corrected chi connectivity index (χ3v) is 23.5. The van der Waals surface area contributed by atoms with Gasteiger partial charge in [-0.1, -0.05) is 0 Å². The number of H-pyrrole nitrogens is 4. The Morgan fingerprint density at radius 1 is 0.293 bits per heavy atom. The fourth-order valence-electron chi connectivity index (χ4n) is 15.9. The van der Waals surface area contributed by atoms with Crippen LogP contribution in [0, 0.1) is 19.7 Å². The average molecular weight is 2130 g/mol. The number of alkyl halides is 8. The molecule has 0 amide bonds. The maximum atomic E-state index is 14.2. The minimum Gasteiger partial charge on any atom is -0.394 e. The smallest absolute Gasteiger partial charge is 0.351 e. The molecule has 8 aromatic rings. The van der Waals surface area contributed by atoms with E-state index in [2.05, 4.69) is 40.9 Å². The molecule has 0 bridgehead atoms. The third-order valence-electron chi connectivity index (χ3n) is 23.5. The molecule has 8 saturated heterocycles. The second-order valence-electron chi connectivity index (χ2n) is 32.5. The van der Waals surface area contributed by atoms with Gasteiger partial charge >= 0.3 is 45.5 Å². The van der Waals surface area contributed by atoms with Crippen molar-refractivity contribution in [2.45, 2.75) is 210 Å². The van der Waals surface area contributed by atoms with Gasteiger partial charge < -0.3 is 144 Å². The number of ether oxygens (including phenoxy) is 8. The highest BCUT2D eigenvalue weighted by molar-refractivity contribution is 5.26. The first-order chi connectivity index (χ1) is 69.9. The van der Waals surface area contributed by atoms with Crippen molar-refractivity contribution in [3.63, 3.8) is 0 Å². The number of nitrogens with zero attached hydrogens (tertiary/aromatic N) is 12. The molecule has 8 fully saturated rings. The lowest BCUT2D eigenvalue weighted by Crippen LogP contribution is -2.43. The first-order valence-electron chi connectivity index (χ1n) is 43.5. The summed E-state index contributed by atoms with van der Waals surface area (Å²) >= 11 is 0. The standard InChI is InChI=1S/C11H16FN3O4.C10H15FN4O3.C10H14FN3O5.C10H14FN3O4.C9H11F2N3O5.3C9H13FN4O4/c1-5-3-15(11(18)14-9(5)17)10-7(12)8(13-2)6(4-16)19-10;1-13-8-5(4-16)18-9(7(8)11)15-3-2-6(12)14-10(15)17;1-4-2-14(10(17)12-8(4)16)9-6(11)7(13-18)5(3-15)19-9;1-12-8-5(4-15)18-9(7(8)11)14-3-2-6(16)13-10(14)17;10-3-1-14(9(17)12-7(3)16)8-5(11)6(13-18)4(2-15)19-8;3*10-6-7(13-17)4(3-15)18-8(6)14-2-1-5(11)12-9(14)16/h3,6-8,10,13,16H,4H2,1-2H3,(H,14,17,18);2-3,5,7-9,13,16H,4H2,1H3,(H2,12,14,17);2,5-7,9,13,15,18H,3H2,1H3,(H,12,16,17);2-3,5,7-9,12,15H,4H2,1H3,(H,13,16,17);1,4-6,8,13,15,18H,2H2,(H,12,16,17);3*1-2,4,6-8,13,15,17H,3H2,(H2,11,12,16)/t6-,7+,8+,10?;5-,7+,8+,9?;5-,6?,7?,9?;5-,7+,8+,9?;4-,5?,6?,8?;3*4-,6?,7?,8?/m11111111/s1. The highest BCUT2D eigenvalue weighted by Crippen LogP contribution is 2.38. The van der Waals surface area contributed by atoms with Crippen molar-refractivity contribution >= 4 is 23.3 Å². The summed E-state index contributed by atoms with van der Waals surface area (Å²) in [6.07, 6.45) is -21.5. The third kappa shape index (κ3) is 27.0. The molecule has 0 aliphatic carbocycles. The maximum Gasteiger partial charge on any atom is 0.351 e. The number of aliphatic hydroxyl groups is 8. The minimum absolute atomic E-state index is 0.0141. The highest BCUT2D eigenvalue weighted by Gasteiger charge is 2.53. The van der Waals surface area contributed by atoms with Crippen LogP contribution in [0.4, 0.5) is 62.8 Å². The summed E-state index contributed by atoms with van der Waals surface area (Å²) in [5.41, 5.74) is 21.1. The lowest BCUT2D eigenvalue weighted by atomic mass is 10.1. The number of aryl methyl sites for hydroxylation is 2. The van der Waals surface area contributed by atoms with E-state index in [4.69, 9.17) is 128 Å². The maximum absolute atomic E-state index is 14.2. The number of nitrogen functional groups attached to an aromatic ring is 4. The monoisotopic (exact) mass is 2120 g/mol. The van der Waals surface area contributed by atoms with E-state index in [1.807, 2.05) is 9.97 Å². The molecule has 33 N–H and O–H groups in total. The van der Waals surface area contributed by atoms with Gasteiger partial charge in [-0.15, -0.1) is 0 Å². The zero-order valence-electron chi connectivity index (χ0n) is 77.2. The molecule has 8 aliphatic rings. The van der Waals surface area contributed by atoms with E-state index in [1.54, 1.807) is 53.5 Å². The number of hydrogen-bond donors (Lipinski definition) is 29. The second-order valence-corrected chi connectivity index (χ2v) is 32.5. The van der Waals surface area contributed by atoms with Crippen LogP contribution in [0.25, 0.3) is 0 Å². The molecule has 16 heterocycles. The van der Waals surface area contributed by atoms with Gasteiger partial charge in [-0.2, -0.15) is 51.7 Å². The molecule has 16 rings (SSSR count). The van der Waals surface area contributed by atoms with Gasteiger partial charge in [0.05, 0.1) is 107 Å². The number of rotatable bonds is 24. The van der Waals surface area contributed by atoms with Crippen LogP contribution in [0.5, 0.6) is 0 Å². The Labute approximate surface area is 814 Å². The zero-order valence-corrected chi connectivity index (χ0v) is 77.2. The Kier molecular flexibility index (Phi) is 43.0. The molecule has 61 nitrogen and oxygen atoms in total. The summed E-state index contributed by atoms with van der Waals surface area (Å²) in [5, 5.41) is 125. The number of anilines is 4. The van der Waals surface area contributed by atoms with Gasteiger partial charge in [0, 0.05) is 60.6 Å². The Morgan fingerprint density at radius 3 is 0.680 bits per heavy atom. The van der Waals surface area contributed by atoms with E-state index in [0.717, 1.165) is 38.0 Å². The van der Waals surface area contributed by atoms with Crippen LogP contribution in [-0.4, -0.2) is 364 Å². The molecule has 8 aliphatic heterocycles. The van der Waals surface area contributed by atoms with Crippen molar-refractivity contribution in [3.05, 3.63) is 222 Å². The lowest BCUT2D eigenvalue weighted by molar-refractivity contribution is -0.0450. The highest BCUT2D eigenvalue weighted by atomic mass is 19.2. The molecule has 818 valence electrons. The van der Waals surface area contributed by atoms with E-state index in [9.17, 15) is 97.0 Å². The lowest BCUT2D eigenvalue weighted by Gasteiger charge is -2.17. The number of nitrogens with two attached hydrogens (primary N) is 4. The molecule has 8 aromatic heterocycles. The number of likely N-dealkylation sites (N-methyl/N-ethyl adjacent to an activating group) is 3. The number of aromatic nitrogens is 16. The zero-order chi connectivity index (χ0) is 109. The van der Waals surface area contributed by atoms with Gasteiger partial charge in [0.25, 0.3) is 22.2 Å². The van der Waals surface area contributed by atoms with E-state index in [1.165, 1.54) is 81.5 Å². The molecule has 0 saturated carbocycles. The predicted octanol–water partition coefficient (Wildman–Crippen LogP) is -12.5. The fraction of sp³-hybridized carbons (Fsp3) is 0.584. The molecule has 18 unspecified atom stereocenters. The SMILES string of the molecule is CN[C@@H]1[C@H](F)C(n2cc(C)c(=O)[nH]c2=O)O[C@@H]1CO.CN[C@@H]1[C@H](F)C(n2ccc(=O)[nH]c2=O)O[C@@H]1CO.CN[C@@H]1[C@H](F)C(n2ccc(N)nc2=O)O[C@@H]1CO.Cc1cn(C2O[C@H](CO)C(NO)C2F)c(=O)[nH]c1=O.Nc1ccn(C2O[C@H](CO)C(NO)C2F)c(=O)n1.Nc1ccn(C2O[C@H](CO)C(NO)C2F)c(=O)n1.Nc1ccn(C2O[C@H](CO)C(NO)C2F)c(=O)n1.O=c1[nH]c(=O)n(C2O[C@H](CO)C(NO)C2F)cc1F. The predicted molar refractivity (Wildman–Crippen MR) is 476 cm³/mol. The van der Waals surface area contributed by atoms with E-state index < -0.39 is 303 Å². The minimum atomic E-state index is -1.93. The number of aliphatic hydroxyl groups excluding tert-OH is 8. The van der Waals surface area contributed by atoms with Crippen molar-refractivity contribution in [1.29, 1.82) is 0 Å². The van der Waals surface area contributed by atoms with Crippen LogP contribution in [-0.2, 0) is 37.9 Å². The first-order valence-corrected chi connectivity index (χ1v) is 43.5. The van der Waals surface area contributed by atoms with Crippen molar-refractivity contribution in [1.82, 2.24) is 120 Å². The first kappa shape index (κ1) is 118. The summed E-state index contributed by atoms with van der Waals surface area (Å²) in [7, 11) is 4.66. The van der Waals surface area contributed by atoms with Crippen LogP contribution < -0.4 is 134 Å². The van der Waals surface area contributed by atoms with E-state index in [-0.39, 0.29) is 54.2 Å². The molecule has 70 heteroatoms. The van der Waals surface area contributed by atoms with Crippen molar-refractivity contribution in [3.8, 4) is 0 Å². The molecule has 32 atom stereocenters. The number of nitrogens with one attached hydrogen (secondary N) is 12. The van der Waals surface area contributed by atoms with Gasteiger partial charge in [0.15, 0.2) is 99.2 Å². The summed E-state index contributed by atoms with van der Waals surface area (Å²) in [6.45, 7) is -0.704. The number of hydrogen-bond acceptors (Lipinski definition) is 49. The second kappa shape index (κ2) is 53.5. The number of halogens is 9. The fourth-order valence-corrected chi connectivity index (χ4v) is 15.9. The summed E-state index contributed by atoms with van der Waals surface area (Å²) < 4.78 is 174. The van der Waals surface area contributed by atoms with E-state index >= 15 is 0 Å². The van der Waals surface area contributed by atoms with Gasteiger partial charge in [-0.3, -0.25) is 75.7 Å². The van der Waals surface area contributed by atoms with Gasteiger partial charge in [0.2, 0.25) is 5.82 Å². The summed E-state index contributed by atoms with van der Waals surface area (Å²) in [5.74, 6) is -1.18. The topological polar surface area (TPSA) is 896 Å². The molecule has 0 aromatic carbocycles. The molecule has 147 heavy (non-hydrogen) atoms. The average Bonchev–Trinajstić information content (AvgIpc) is 1.62. The Morgan fingerprint density at radius 2 is 0.483 bits per heavy atom. The molecular weight excluding hydrogens is 2020 g/mol. The van der Waals surface area contributed by atoms with Crippen LogP contribution >= 0.6 is 0 Å². The quantitative estimate of drug-likeness (QED) is 0.0197. The largest absolute Gasteiger partial charge is 0.394 e. The summed E-state index contributed by atoms with van der Waals surface area (Å²) in [4.78, 5) is 159. The van der Waals surface area contributed by atoms with E-state index in [0.29, 0.717) is 10.8 Å². The van der Waals surface area contributed by atoms with Crippen molar-refractivity contribution in [2.75, 3.05) is 96.9 Å². The molecular formula is C77H109F9N28O33. The van der Waals surface area contributed by atoms with Gasteiger partial charge in [-0.25, -0.2) is 73.5 Å². The Balaban J connectivity index is 0.000000187. The Bertz CT molecular complexity index is 5830. The van der Waals surface area contributed by atoms with Crippen LogP contribution in [0.3, 0.4) is 0 Å². The van der Waals surface area contributed by atoms with Gasteiger partial charge in [-0.05, 0) is 59.3 Å². The van der Waals surface area contributed by atoms with Crippen molar-refractivity contribution < 1.29 is 144 Å². The van der Waals surface area contributed by atoms with Gasteiger partial charge in [0.1, 0.15) is 72.1 Å². The van der Waals surface area contributed by atoms with Crippen LogP contribution in [0.2, 0.25) is 0 Å².